The summed E-state index contributed by atoms with van der Waals surface area (Å²) in [5.41, 5.74) is 1.51. The van der Waals surface area contributed by atoms with Crippen molar-refractivity contribution in [2.75, 3.05) is 10.6 Å². The Kier molecular flexibility index (Phi) is 5.64. The van der Waals surface area contributed by atoms with Crippen molar-refractivity contribution in [3.63, 3.8) is 0 Å². The molecule has 0 fully saturated rings. The number of nitrogens with zero attached hydrogens (tertiary/aromatic N) is 2. The van der Waals surface area contributed by atoms with E-state index >= 15 is 0 Å². The molecule has 2 amide bonds. The standard InChI is InChI=1S/C23H20N4O3S/c1-14-18-22(31-19(14)21(29)26-17-11-7-4-8-12-17)24-13-27(23(18)30)15(2)20(28)25-16-9-5-3-6-10-16/h3-13,15H,1-2H3,(H,25,28)(H,26,29). The van der Waals surface area contributed by atoms with Gasteiger partial charge in [0.1, 0.15) is 10.9 Å². The normalized spacial score (nSPS) is 11.8. The molecule has 8 heteroatoms. The summed E-state index contributed by atoms with van der Waals surface area (Å²) in [6.07, 6.45) is 1.36. The maximum atomic E-state index is 13.2. The van der Waals surface area contributed by atoms with E-state index in [0.717, 1.165) is 11.3 Å². The molecule has 0 aliphatic carbocycles. The van der Waals surface area contributed by atoms with Crippen molar-refractivity contribution >= 4 is 44.7 Å². The Hall–Kier alpha value is -3.78. The van der Waals surface area contributed by atoms with Crippen molar-refractivity contribution in [2.24, 2.45) is 0 Å². The highest BCUT2D eigenvalue weighted by Crippen LogP contribution is 2.28. The van der Waals surface area contributed by atoms with Gasteiger partial charge in [-0.3, -0.25) is 19.0 Å². The lowest BCUT2D eigenvalue weighted by atomic mass is 10.2. The number of thiophene rings is 1. The summed E-state index contributed by atoms with van der Waals surface area (Å²) in [6, 6.07) is 17.4. The average Bonchev–Trinajstić information content (AvgIpc) is 3.12. The SMILES string of the molecule is Cc1c(C(=O)Nc2ccccc2)sc2ncn(C(C)C(=O)Nc3ccccc3)c(=O)c12. The fourth-order valence-corrected chi connectivity index (χ4v) is 4.27. The largest absolute Gasteiger partial charge is 0.324 e. The number of benzene rings is 2. The summed E-state index contributed by atoms with van der Waals surface area (Å²) >= 11 is 1.16. The average molecular weight is 433 g/mol. The van der Waals surface area contributed by atoms with Crippen LogP contribution in [-0.4, -0.2) is 21.4 Å². The van der Waals surface area contributed by atoms with Gasteiger partial charge in [-0.1, -0.05) is 36.4 Å². The Morgan fingerprint density at radius 3 is 2.16 bits per heavy atom. The van der Waals surface area contributed by atoms with E-state index in [-0.39, 0.29) is 17.4 Å². The molecule has 2 heterocycles. The number of rotatable bonds is 5. The lowest BCUT2D eigenvalue weighted by molar-refractivity contribution is -0.118. The molecular weight excluding hydrogens is 412 g/mol. The van der Waals surface area contributed by atoms with E-state index in [1.807, 2.05) is 36.4 Å². The molecule has 2 N–H and O–H groups in total. The van der Waals surface area contributed by atoms with Crippen molar-refractivity contribution in [2.45, 2.75) is 19.9 Å². The van der Waals surface area contributed by atoms with E-state index in [1.54, 1.807) is 38.1 Å². The molecule has 0 aliphatic heterocycles. The van der Waals surface area contributed by atoms with Crippen LogP contribution in [0.1, 0.15) is 28.2 Å². The van der Waals surface area contributed by atoms with Gasteiger partial charge < -0.3 is 10.6 Å². The van der Waals surface area contributed by atoms with E-state index in [2.05, 4.69) is 15.6 Å². The number of fused-ring (bicyclic) bond motifs is 1. The Bertz CT molecular complexity index is 1310. The van der Waals surface area contributed by atoms with E-state index in [4.69, 9.17) is 0 Å². The van der Waals surface area contributed by atoms with Gasteiger partial charge in [0.25, 0.3) is 11.5 Å². The first-order valence-corrected chi connectivity index (χ1v) is 10.5. The molecule has 0 bridgehead atoms. The van der Waals surface area contributed by atoms with Crippen molar-refractivity contribution in [3.8, 4) is 0 Å². The Morgan fingerprint density at radius 1 is 0.968 bits per heavy atom. The summed E-state index contributed by atoms with van der Waals surface area (Å²) in [7, 11) is 0. The molecular formula is C23H20N4O3S. The van der Waals surface area contributed by atoms with Crippen LogP contribution >= 0.6 is 11.3 Å². The number of aryl methyl sites for hydroxylation is 1. The second-order valence-electron chi connectivity index (χ2n) is 7.04. The summed E-state index contributed by atoms with van der Waals surface area (Å²) < 4.78 is 1.29. The van der Waals surface area contributed by atoms with Crippen molar-refractivity contribution in [1.82, 2.24) is 9.55 Å². The highest BCUT2D eigenvalue weighted by atomic mass is 32.1. The molecule has 4 aromatic rings. The molecule has 0 saturated heterocycles. The molecule has 1 atom stereocenters. The predicted octanol–water partition coefficient (Wildman–Crippen LogP) is 4.22. The minimum Gasteiger partial charge on any atom is -0.324 e. The number of carbonyl (C=O) groups is 2. The van der Waals surface area contributed by atoms with E-state index in [0.29, 0.717) is 32.0 Å². The lowest BCUT2D eigenvalue weighted by Crippen LogP contribution is -2.31. The number of aromatic nitrogens is 2. The minimum absolute atomic E-state index is 0.299. The monoisotopic (exact) mass is 432 g/mol. The number of para-hydroxylation sites is 2. The van der Waals surface area contributed by atoms with Crippen LogP contribution in [0.3, 0.4) is 0 Å². The van der Waals surface area contributed by atoms with Crippen molar-refractivity contribution < 1.29 is 9.59 Å². The predicted molar refractivity (Wildman–Crippen MR) is 123 cm³/mol. The second-order valence-corrected chi connectivity index (χ2v) is 8.04. The third-order valence-corrected chi connectivity index (χ3v) is 6.15. The first kappa shape index (κ1) is 20.5. The van der Waals surface area contributed by atoms with Crippen LogP contribution in [0, 0.1) is 6.92 Å². The lowest BCUT2D eigenvalue weighted by Gasteiger charge is -2.15. The molecule has 0 radical (unpaired) electrons. The number of hydrogen-bond donors (Lipinski definition) is 2. The maximum absolute atomic E-state index is 13.2. The van der Waals surface area contributed by atoms with Crippen LogP contribution in [0.15, 0.2) is 71.8 Å². The van der Waals surface area contributed by atoms with Crippen LogP contribution in [0.2, 0.25) is 0 Å². The molecule has 31 heavy (non-hydrogen) atoms. The molecule has 0 saturated carbocycles. The summed E-state index contributed by atoms with van der Waals surface area (Å²) in [5, 5.41) is 5.98. The fraction of sp³-hybridized carbons (Fsp3) is 0.130. The van der Waals surface area contributed by atoms with Crippen LogP contribution in [-0.2, 0) is 4.79 Å². The molecule has 1 unspecified atom stereocenters. The van der Waals surface area contributed by atoms with E-state index < -0.39 is 6.04 Å². The van der Waals surface area contributed by atoms with Gasteiger partial charge in [0.2, 0.25) is 5.91 Å². The van der Waals surface area contributed by atoms with Crippen LogP contribution in [0.25, 0.3) is 10.2 Å². The number of carbonyl (C=O) groups excluding carboxylic acids is 2. The summed E-state index contributed by atoms with van der Waals surface area (Å²) in [5.74, 6) is -0.628. The van der Waals surface area contributed by atoms with Gasteiger partial charge in [0.15, 0.2) is 0 Å². The Balaban J connectivity index is 1.64. The fourth-order valence-electron chi connectivity index (χ4n) is 3.23. The second kappa shape index (κ2) is 8.53. The first-order chi connectivity index (χ1) is 15.0. The van der Waals surface area contributed by atoms with Gasteiger partial charge in [-0.25, -0.2) is 4.98 Å². The molecule has 7 nitrogen and oxygen atoms in total. The maximum Gasteiger partial charge on any atom is 0.266 e. The zero-order valence-corrected chi connectivity index (χ0v) is 17.8. The van der Waals surface area contributed by atoms with Crippen LogP contribution < -0.4 is 16.2 Å². The van der Waals surface area contributed by atoms with Crippen molar-refractivity contribution in [1.29, 1.82) is 0 Å². The summed E-state index contributed by atoms with van der Waals surface area (Å²) in [6.45, 7) is 3.36. The minimum atomic E-state index is -0.773. The van der Waals surface area contributed by atoms with Crippen LogP contribution in [0.5, 0.6) is 0 Å². The third-order valence-electron chi connectivity index (χ3n) is 4.95. The van der Waals surface area contributed by atoms with Gasteiger partial charge in [0, 0.05) is 11.4 Å². The van der Waals surface area contributed by atoms with Gasteiger partial charge >= 0.3 is 0 Å². The molecule has 0 spiro atoms. The molecule has 0 aliphatic rings. The zero-order chi connectivity index (χ0) is 22.0. The molecule has 2 aromatic carbocycles. The number of hydrogen-bond acceptors (Lipinski definition) is 5. The Morgan fingerprint density at radius 2 is 1.55 bits per heavy atom. The Labute approximate surface area is 182 Å². The van der Waals surface area contributed by atoms with Gasteiger partial charge in [-0.2, -0.15) is 0 Å². The smallest absolute Gasteiger partial charge is 0.266 e. The molecule has 156 valence electrons. The van der Waals surface area contributed by atoms with E-state index in [1.165, 1.54) is 10.9 Å². The first-order valence-electron chi connectivity index (χ1n) is 9.68. The van der Waals surface area contributed by atoms with Crippen LogP contribution in [0.4, 0.5) is 11.4 Å². The zero-order valence-electron chi connectivity index (χ0n) is 17.0. The van der Waals surface area contributed by atoms with Crippen molar-refractivity contribution in [3.05, 3.63) is 87.8 Å². The van der Waals surface area contributed by atoms with Gasteiger partial charge in [-0.15, -0.1) is 11.3 Å². The number of nitrogens with one attached hydrogen (secondary N) is 2. The van der Waals surface area contributed by atoms with Gasteiger partial charge in [-0.05, 0) is 43.7 Å². The summed E-state index contributed by atoms with van der Waals surface area (Å²) in [4.78, 5) is 43.8. The number of amides is 2. The van der Waals surface area contributed by atoms with E-state index in [9.17, 15) is 14.4 Å². The third kappa shape index (κ3) is 4.10. The molecule has 4 rings (SSSR count). The highest BCUT2D eigenvalue weighted by molar-refractivity contribution is 7.20. The van der Waals surface area contributed by atoms with Gasteiger partial charge in [0.05, 0.1) is 16.6 Å². The topological polar surface area (TPSA) is 93.1 Å². The number of anilines is 2. The quantitative estimate of drug-likeness (QED) is 0.494. The highest BCUT2D eigenvalue weighted by Gasteiger charge is 2.23. The molecule has 2 aromatic heterocycles.